The van der Waals surface area contributed by atoms with Crippen molar-refractivity contribution in [3.05, 3.63) is 83.8 Å². The molecular formula is C25H27NO4. The second kappa shape index (κ2) is 9.53. The smallest absolute Gasteiger partial charge is 0.254 e. The molecule has 30 heavy (non-hydrogen) atoms. The van der Waals surface area contributed by atoms with Gasteiger partial charge in [0.25, 0.3) is 5.91 Å². The molecule has 2 heterocycles. The Kier molecular flexibility index (Phi) is 6.38. The van der Waals surface area contributed by atoms with Gasteiger partial charge in [-0.2, -0.15) is 0 Å². The lowest BCUT2D eigenvalue weighted by atomic mass is 10.0. The first-order valence-electron chi connectivity index (χ1n) is 10.5. The second-order valence-electron chi connectivity index (χ2n) is 7.60. The molecule has 0 N–H and O–H groups in total. The fourth-order valence-corrected chi connectivity index (χ4v) is 3.64. The van der Waals surface area contributed by atoms with E-state index in [1.54, 1.807) is 12.3 Å². The Morgan fingerprint density at radius 2 is 1.80 bits per heavy atom. The number of fused-ring (bicyclic) bond motifs is 1. The van der Waals surface area contributed by atoms with E-state index < -0.39 is 0 Å². The van der Waals surface area contributed by atoms with Crippen LogP contribution < -0.4 is 9.47 Å². The highest BCUT2D eigenvalue weighted by molar-refractivity contribution is 5.95. The van der Waals surface area contributed by atoms with E-state index in [4.69, 9.17) is 13.9 Å². The molecular weight excluding hydrogens is 378 g/mol. The molecule has 1 amide bonds. The summed E-state index contributed by atoms with van der Waals surface area (Å²) in [5, 5.41) is 0. The fourth-order valence-electron chi connectivity index (χ4n) is 3.64. The van der Waals surface area contributed by atoms with Crippen molar-refractivity contribution in [1.82, 2.24) is 4.90 Å². The number of rotatable bonds is 7. The highest BCUT2D eigenvalue weighted by Crippen LogP contribution is 2.31. The Morgan fingerprint density at radius 3 is 2.57 bits per heavy atom. The molecule has 0 saturated carbocycles. The average molecular weight is 405 g/mol. The maximum Gasteiger partial charge on any atom is 0.254 e. The zero-order valence-corrected chi connectivity index (χ0v) is 17.3. The van der Waals surface area contributed by atoms with E-state index in [1.165, 1.54) is 5.56 Å². The van der Waals surface area contributed by atoms with Crippen LogP contribution in [0.25, 0.3) is 0 Å². The third kappa shape index (κ3) is 4.85. The molecule has 2 aromatic carbocycles. The van der Waals surface area contributed by atoms with Gasteiger partial charge in [-0.25, -0.2) is 0 Å². The standard InChI is InChI=1S/C25H27NO4/c1-19(10-11-20-7-3-2-4-8-20)26(18-22-9-5-14-28-22)25(27)21-12-13-23-24(17-21)30-16-6-15-29-23/h2-5,7-9,12-14,17,19H,6,10-11,15-16,18H2,1H3. The first kappa shape index (κ1) is 20.1. The molecule has 0 saturated heterocycles. The van der Waals surface area contributed by atoms with Crippen LogP contribution in [0, 0.1) is 0 Å². The third-order valence-corrected chi connectivity index (χ3v) is 5.39. The van der Waals surface area contributed by atoms with E-state index in [0.29, 0.717) is 36.8 Å². The number of furan rings is 1. The third-order valence-electron chi connectivity index (χ3n) is 5.39. The molecule has 0 aliphatic carbocycles. The van der Waals surface area contributed by atoms with E-state index in [0.717, 1.165) is 25.0 Å². The van der Waals surface area contributed by atoms with Crippen LogP contribution >= 0.6 is 0 Å². The molecule has 0 fully saturated rings. The first-order chi connectivity index (χ1) is 14.7. The molecule has 0 bridgehead atoms. The lowest BCUT2D eigenvalue weighted by Gasteiger charge is -2.29. The largest absolute Gasteiger partial charge is 0.490 e. The van der Waals surface area contributed by atoms with Gasteiger partial charge in [0, 0.05) is 18.0 Å². The van der Waals surface area contributed by atoms with E-state index in [9.17, 15) is 4.79 Å². The molecule has 0 spiro atoms. The van der Waals surface area contributed by atoms with Gasteiger partial charge in [0.1, 0.15) is 5.76 Å². The fraction of sp³-hybridized carbons (Fsp3) is 0.320. The summed E-state index contributed by atoms with van der Waals surface area (Å²) in [4.78, 5) is 15.4. The molecule has 3 aromatic rings. The molecule has 5 nitrogen and oxygen atoms in total. The highest BCUT2D eigenvalue weighted by Gasteiger charge is 2.24. The van der Waals surface area contributed by atoms with Crippen molar-refractivity contribution in [3.8, 4) is 11.5 Å². The number of carbonyl (C=O) groups is 1. The van der Waals surface area contributed by atoms with Gasteiger partial charge in [0.05, 0.1) is 26.0 Å². The van der Waals surface area contributed by atoms with Crippen molar-refractivity contribution in [1.29, 1.82) is 0 Å². The zero-order valence-electron chi connectivity index (χ0n) is 17.3. The number of hydrogen-bond donors (Lipinski definition) is 0. The predicted octanol–water partition coefficient (Wildman–Crippen LogP) is 5.10. The number of aryl methyl sites for hydroxylation is 1. The average Bonchev–Trinajstić information content (AvgIpc) is 3.19. The molecule has 1 aliphatic rings. The number of hydrogen-bond acceptors (Lipinski definition) is 4. The number of amides is 1. The number of ether oxygens (including phenoxy) is 2. The molecule has 0 radical (unpaired) electrons. The Morgan fingerprint density at radius 1 is 1.00 bits per heavy atom. The van der Waals surface area contributed by atoms with E-state index in [-0.39, 0.29) is 11.9 Å². The number of nitrogens with zero attached hydrogens (tertiary/aromatic N) is 1. The maximum absolute atomic E-state index is 13.5. The van der Waals surface area contributed by atoms with Gasteiger partial charge < -0.3 is 18.8 Å². The first-order valence-corrected chi connectivity index (χ1v) is 10.5. The minimum atomic E-state index is -0.0393. The van der Waals surface area contributed by atoms with Crippen molar-refractivity contribution < 1.29 is 18.7 Å². The Labute approximate surface area is 177 Å². The lowest BCUT2D eigenvalue weighted by molar-refractivity contribution is 0.0651. The zero-order chi connectivity index (χ0) is 20.8. The Bertz CT molecular complexity index is 953. The van der Waals surface area contributed by atoms with Crippen molar-refractivity contribution in [3.63, 3.8) is 0 Å². The summed E-state index contributed by atoms with van der Waals surface area (Å²) in [7, 11) is 0. The van der Waals surface area contributed by atoms with Gasteiger partial charge in [0.15, 0.2) is 11.5 Å². The van der Waals surface area contributed by atoms with Crippen LogP contribution in [-0.4, -0.2) is 30.1 Å². The van der Waals surface area contributed by atoms with Crippen LogP contribution in [0.2, 0.25) is 0 Å². The van der Waals surface area contributed by atoms with Crippen molar-refractivity contribution in [2.45, 2.75) is 38.8 Å². The summed E-state index contributed by atoms with van der Waals surface area (Å²) in [6, 6.07) is 19.6. The monoisotopic (exact) mass is 405 g/mol. The normalized spacial score (nSPS) is 14.0. The lowest BCUT2D eigenvalue weighted by Crippen LogP contribution is -2.38. The van der Waals surface area contributed by atoms with Crippen LogP contribution in [0.4, 0.5) is 0 Å². The van der Waals surface area contributed by atoms with Gasteiger partial charge in [-0.05, 0) is 55.7 Å². The quantitative estimate of drug-likeness (QED) is 0.548. The summed E-state index contributed by atoms with van der Waals surface area (Å²) in [5.41, 5.74) is 1.86. The van der Waals surface area contributed by atoms with Gasteiger partial charge in [-0.15, -0.1) is 0 Å². The van der Waals surface area contributed by atoms with Crippen LogP contribution in [0.5, 0.6) is 11.5 Å². The van der Waals surface area contributed by atoms with E-state index in [2.05, 4.69) is 19.1 Å². The van der Waals surface area contributed by atoms with Crippen LogP contribution in [-0.2, 0) is 13.0 Å². The second-order valence-corrected chi connectivity index (χ2v) is 7.60. The molecule has 4 rings (SSSR count). The summed E-state index contributed by atoms with van der Waals surface area (Å²) >= 11 is 0. The van der Waals surface area contributed by atoms with E-state index >= 15 is 0 Å². The summed E-state index contributed by atoms with van der Waals surface area (Å²) in [6.07, 6.45) is 4.24. The van der Waals surface area contributed by atoms with Crippen molar-refractivity contribution in [2.24, 2.45) is 0 Å². The van der Waals surface area contributed by atoms with Crippen molar-refractivity contribution in [2.75, 3.05) is 13.2 Å². The summed E-state index contributed by atoms with van der Waals surface area (Å²) in [5.74, 6) is 2.05. The molecule has 1 aliphatic heterocycles. The Balaban J connectivity index is 1.54. The van der Waals surface area contributed by atoms with Crippen LogP contribution in [0.1, 0.15) is 41.4 Å². The summed E-state index contributed by atoms with van der Waals surface area (Å²) < 4.78 is 17.0. The molecule has 1 atom stereocenters. The topological polar surface area (TPSA) is 51.9 Å². The maximum atomic E-state index is 13.5. The Hall–Kier alpha value is -3.21. The number of carbonyl (C=O) groups excluding carboxylic acids is 1. The van der Waals surface area contributed by atoms with Gasteiger partial charge in [-0.3, -0.25) is 4.79 Å². The molecule has 1 aromatic heterocycles. The molecule has 156 valence electrons. The SMILES string of the molecule is CC(CCc1ccccc1)N(Cc1ccco1)C(=O)c1ccc2c(c1)OCCCO2. The molecule has 1 unspecified atom stereocenters. The summed E-state index contributed by atoms with van der Waals surface area (Å²) in [6.45, 7) is 3.73. The van der Waals surface area contributed by atoms with Gasteiger partial charge >= 0.3 is 0 Å². The molecule has 5 heteroatoms. The highest BCUT2D eigenvalue weighted by atomic mass is 16.5. The predicted molar refractivity (Wildman–Crippen MR) is 115 cm³/mol. The van der Waals surface area contributed by atoms with Crippen LogP contribution in [0.3, 0.4) is 0 Å². The van der Waals surface area contributed by atoms with Crippen molar-refractivity contribution >= 4 is 5.91 Å². The van der Waals surface area contributed by atoms with E-state index in [1.807, 2.05) is 47.4 Å². The van der Waals surface area contributed by atoms with Gasteiger partial charge in [0.2, 0.25) is 0 Å². The number of benzene rings is 2. The van der Waals surface area contributed by atoms with Gasteiger partial charge in [-0.1, -0.05) is 30.3 Å². The minimum absolute atomic E-state index is 0.0393. The van der Waals surface area contributed by atoms with Crippen LogP contribution in [0.15, 0.2) is 71.3 Å². The minimum Gasteiger partial charge on any atom is -0.490 e.